The summed E-state index contributed by atoms with van der Waals surface area (Å²) < 4.78 is 28.1. The fourth-order valence-corrected chi connectivity index (χ4v) is 6.87. The Kier molecular flexibility index (Phi) is 11.4. The van der Waals surface area contributed by atoms with E-state index in [9.17, 15) is 18.0 Å². The second-order valence-corrected chi connectivity index (χ2v) is 14.5. The van der Waals surface area contributed by atoms with Crippen LogP contribution in [0.15, 0.2) is 83.3 Å². The molecule has 1 aliphatic rings. The molecular weight excluding hydrogens is 626 g/mol. The number of anilines is 1. The number of hydrogen-bond donors (Lipinski definition) is 1. The molecule has 1 atom stereocenters. The SMILES string of the molecule is CC(C)c1ccc(N(CC(=O)N(Cc2cccc(Br)c2)C(Cc2ccccc2)C(=O)NC2CCCCC2)S(C)(=O)=O)cc1. The predicted molar refractivity (Wildman–Crippen MR) is 176 cm³/mol. The van der Waals surface area contributed by atoms with E-state index in [0.717, 1.165) is 63.8 Å². The van der Waals surface area contributed by atoms with Gasteiger partial charge in [-0.05, 0) is 59.7 Å². The predicted octanol–water partition coefficient (Wildman–Crippen LogP) is 6.43. The fraction of sp³-hybridized carbons (Fsp3) is 0.412. The van der Waals surface area contributed by atoms with Crippen LogP contribution in [0.5, 0.6) is 0 Å². The number of sulfonamides is 1. The molecule has 1 N–H and O–H groups in total. The quantitative estimate of drug-likeness (QED) is 0.241. The molecule has 230 valence electrons. The minimum absolute atomic E-state index is 0.0642. The number of benzene rings is 3. The first-order chi connectivity index (χ1) is 20.5. The van der Waals surface area contributed by atoms with Crippen molar-refractivity contribution in [1.82, 2.24) is 10.2 Å². The van der Waals surface area contributed by atoms with Crippen LogP contribution in [0, 0.1) is 0 Å². The Labute approximate surface area is 264 Å². The normalized spacial score (nSPS) is 14.7. The summed E-state index contributed by atoms with van der Waals surface area (Å²) in [5, 5.41) is 3.23. The molecule has 7 nitrogen and oxygen atoms in total. The molecule has 0 aliphatic heterocycles. The molecule has 1 saturated carbocycles. The van der Waals surface area contributed by atoms with Crippen molar-refractivity contribution in [2.45, 2.75) is 76.9 Å². The molecule has 1 unspecified atom stereocenters. The highest BCUT2D eigenvalue weighted by Crippen LogP contribution is 2.24. The Morgan fingerprint density at radius 2 is 1.56 bits per heavy atom. The Morgan fingerprint density at radius 1 is 0.907 bits per heavy atom. The van der Waals surface area contributed by atoms with Gasteiger partial charge >= 0.3 is 0 Å². The number of nitrogens with one attached hydrogen (secondary N) is 1. The molecule has 0 radical (unpaired) electrons. The van der Waals surface area contributed by atoms with Crippen LogP contribution in [0.1, 0.15) is 68.6 Å². The molecule has 3 aromatic rings. The highest BCUT2D eigenvalue weighted by Gasteiger charge is 2.34. The lowest BCUT2D eigenvalue weighted by atomic mass is 9.94. The molecule has 0 spiro atoms. The van der Waals surface area contributed by atoms with E-state index in [2.05, 4.69) is 35.1 Å². The fourth-order valence-electron chi connectivity index (χ4n) is 5.57. The van der Waals surface area contributed by atoms with Crippen molar-refractivity contribution < 1.29 is 18.0 Å². The molecule has 0 saturated heterocycles. The number of amides is 2. The molecule has 2 amide bonds. The van der Waals surface area contributed by atoms with Gasteiger partial charge in [-0.15, -0.1) is 0 Å². The first kappa shape index (κ1) is 32.7. The second kappa shape index (κ2) is 15.0. The summed E-state index contributed by atoms with van der Waals surface area (Å²) in [6, 6.07) is 23.7. The summed E-state index contributed by atoms with van der Waals surface area (Å²) in [6.07, 6.45) is 6.53. The van der Waals surface area contributed by atoms with E-state index >= 15 is 0 Å². The van der Waals surface area contributed by atoms with Crippen LogP contribution in [0.4, 0.5) is 5.69 Å². The maximum absolute atomic E-state index is 14.3. The summed E-state index contributed by atoms with van der Waals surface area (Å²) in [4.78, 5) is 29.9. The van der Waals surface area contributed by atoms with Crippen molar-refractivity contribution in [1.29, 1.82) is 0 Å². The number of nitrogens with zero attached hydrogens (tertiary/aromatic N) is 2. The summed E-state index contributed by atoms with van der Waals surface area (Å²) >= 11 is 3.52. The van der Waals surface area contributed by atoms with E-state index in [0.29, 0.717) is 12.1 Å². The molecule has 1 aliphatic carbocycles. The Bertz CT molecular complexity index is 1470. The van der Waals surface area contributed by atoms with Gasteiger partial charge in [-0.3, -0.25) is 13.9 Å². The molecular formula is C34H42BrN3O4S. The van der Waals surface area contributed by atoms with Crippen molar-refractivity contribution in [3.63, 3.8) is 0 Å². The van der Waals surface area contributed by atoms with Gasteiger partial charge in [0.1, 0.15) is 12.6 Å². The summed E-state index contributed by atoms with van der Waals surface area (Å²) in [7, 11) is -3.81. The van der Waals surface area contributed by atoms with Gasteiger partial charge in [0.05, 0.1) is 11.9 Å². The van der Waals surface area contributed by atoms with E-state index in [1.807, 2.05) is 66.7 Å². The number of hydrogen-bond acceptors (Lipinski definition) is 4. The molecule has 3 aromatic carbocycles. The summed E-state index contributed by atoms with van der Waals surface area (Å²) in [6.45, 7) is 3.86. The zero-order chi connectivity index (χ0) is 31.0. The zero-order valence-corrected chi connectivity index (χ0v) is 27.6. The van der Waals surface area contributed by atoms with E-state index < -0.39 is 28.5 Å². The van der Waals surface area contributed by atoms with Gasteiger partial charge in [0.2, 0.25) is 21.8 Å². The van der Waals surface area contributed by atoms with Crippen molar-refractivity contribution in [3.05, 3.63) is 100 Å². The van der Waals surface area contributed by atoms with Crippen LogP contribution >= 0.6 is 15.9 Å². The van der Waals surface area contributed by atoms with E-state index in [1.165, 1.54) is 0 Å². The van der Waals surface area contributed by atoms with Crippen LogP contribution in [0.3, 0.4) is 0 Å². The average Bonchev–Trinajstić information content (AvgIpc) is 2.98. The Hall–Kier alpha value is -3.17. The van der Waals surface area contributed by atoms with Gasteiger partial charge in [-0.2, -0.15) is 0 Å². The van der Waals surface area contributed by atoms with Crippen LogP contribution in [-0.2, 0) is 32.6 Å². The third kappa shape index (κ3) is 9.41. The van der Waals surface area contributed by atoms with E-state index in [-0.39, 0.29) is 24.4 Å². The first-order valence-corrected chi connectivity index (χ1v) is 17.6. The lowest BCUT2D eigenvalue weighted by molar-refractivity contribution is -0.140. The molecule has 0 bridgehead atoms. The Morgan fingerprint density at radius 3 is 2.16 bits per heavy atom. The Balaban J connectivity index is 1.71. The molecule has 0 aromatic heterocycles. The minimum atomic E-state index is -3.81. The maximum atomic E-state index is 14.3. The molecule has 0 heterocycles. The van der Waals surface area contributed by atoms with Crippen LogP contribution in [-0.4, -0.2) is 50.0 Å². The standard InChI is InChI=1S/C34H42BrN3O4S/c1-25(2)28-17-19-31(20-18-28)38(43(3,41)42)24-33(39)37(23-27-13-10-14-29(35)21-27)32(22-26-11-6-4-7-12-26)34(40)36-30-15-8-5-9-16-30/h4,6-7,10-14,17-21,25,30,32H,5,8-9,15-16,22-24H2,1-3H3,(H,36,40). The minimum Gasteiger partial charge on any atom is -0.352 e. The monoisotopic (exact) mass is 667 g/mol. The average molecular weight is 669 g/mol. The van der Waals surface area contributed by atoms with Crippen molar-refractivity contribution in [3.8, 4) is 0 Å². The van der Waals surface area contributed by atoms with Crippen molar-refractivity contribution in [2.75, 3.05) is 17.1 Å². The van der Waals surface area contributed by atoms with E-state index in [4.69, 9.17) is 0 Å². The van der Waals surface area contributed by atoms with Crippen LogP contribution in [0.25, 0.3) is 0 Å². The topological polar surface area (TPSA) is 86.8 Å². The van der Waals surface area contributed by atoms with Crippen molar-refractivity contribution >= 4 is 43.5 Å². The van der Waals surface area contributed by atoms with Crippen molar-refractivity contribution in [2.24, 2.45) is 0 Å². The molecule has 4 rings (SSSR count). The number of carbonyl (C=O) groups is 2. The summed E-state index contributed by atoms with van der Waals surface area (Å²) in [5.74, 6) is -0.381. The third-order valence-corrected chi connectivity index (χ3v) is 9.63. The van der Waals surface area contributed by atoms with E-state index in [1.54, 1.807) is 17.0 Å². The summed E-state index contributed by atoms with van der Waals surface area (Å²) in [5.41, 5.74) is 3.23. The third-order valence-electron chi connectivity index (χ3n) is 7.99. The van der Waals surface area contributed by atoms with Crippen LogP contribution < -0.4 is 9.62 Å². The van der Waals surface area contributed by atoms with Gasteiger partial charge in [-0.25, -0.2) is 8.42 Å². The largest absolute Gasteiger partial charge is 0.352 e. The molecule has 1 fully saturated rings. The highest BCUT2D eigenvalue weighted by atomic mass is 79.9. The van der Waals surface area contributed by atoms with Crippen LogP contribution in [0.2, 0.25) is 0 Å². The second-order valence-electron chi connectivity index (χ2n) is 11.7. The maximum Gasteiger partial charge on any atom is 0.244 e. The zero-order valence-electron chi connectivity index (χ0n) is 25.2. The van der Waals surface area contributed by atoms with Gasteiger partial charge in [0.15, 0.2) is 0 Å². The lowest BCUT2D eigenvalue weighted by Gasteiger charge is -2.35. The molecule has 43 heavy (non-hydrogen) atoms. The first-order valence-electron chi connectivity index (χ1n) is 15.0. The number of halogens is 1. The smallest absolute Gasteiger partial charge is 0.244 e. The van der Waals surface area contributed by atoms with Gasteiger partial charge in [0.25, 0.3) is 0 Å². The number of carbonyl (C=O) groups excluding carboxylic acids is 2. The molecule has 9 heteroatoms. The number of rotatable bonds is 12. The highest BCUT2D eigenvalue weighted by molar-refractivity contribution is 9.10. The van der Waals surface area contributed by atoms with Gasteiger partial charge < -0.3 is 10.2 Å². The van der Waals surface area contributed by atoms with Gasteiger partial charge in [0, 0.05) is 23.5 Å². The lowest BCUT2D eigenvalue weighted by Crippen LogP contribution is -2.55. The van der Waals surface area contributed by atoms with Gasteiger partial charge in [-0.1, -0.05) is 104 Å².